The van der Waals surface area contributed by atoms with E-state index in [0.29, 0.717) is 11.8 Å². The van der Waals surface area contributed by atoms with Gasteiger partial charge in [-0.2, -0.15) is 0 Å². The maximum atomic E-state index is 6.11. The second-order valence-electron chi connectivity index (χ2n) is 6.85. The van der Waals surface area contributed by atoms with Gasteiger partial charge < -0.3 is 4.74 Å². The molecule has 0 spiro atoms. The van der Waals surface area contributed by atoms with Crippen molar-refractivity contribution in [3.63, 3.8) is 0 Å². The molecule has 0 saturated heterocycles. The van der Waals surface area contributed by atoms with Gasteiger partial charge in [0.25, 0.3) is 0 Å². The Labute approximate surface area is 130 Å². The van der Waals surface area contributed by atoms with E-state index in [1.54, 1.807) is 0 Å². The third kappa shape index (κ3) is 2.68. The van der Waals surface area contributed by atoms with Crippen molar-refractivity contribution < 1.29 is 4.74 Å². The normalized spacial score (nSPS) is 26.9. The van der Waals surface area contributed by atoms with E-state index in [4.69, 9.17) is 4.74 Å². The van der Waals surface area contributed by atoms with Gasteiger partial charge in [0.05, 0.1) is 13.2 Å². The third-order valence-electron chi connectivity index (χ3n) is 6.13. The maximum absolute atomic E-state index is 6.11. The predicted molar refractivity (Wildman–Crippen MR) is 91.3 cm³/mol. The molecule has 2 unspecified atom stereocenters. The van der Waals surface area contributed by atoms with Gasteiger partial charge in [-0.05, 0) is 75.0 Å². The van der Waals surface area contributed by atoms with Crippen LogP contribution in [0.25, 0.3) is 0 Å². The summed E-state index contributed by atoms with van der Waals surface area (Å²) < 4.78 is 6.11. The number of hydrogen-bond acceptors (Lipinski definition) is 1. The maximum Gasteiger partial charge on any atom is 0.0692 e. The fourth-order valence-corrected chi connectivity index (χ4v) is 3.63. The fraction of sp³-hybridized carbons (Fsp3) is 0.600. The smallest absolute Gasteiger partial charge is 0.0692 e. The van der Waals surface area contributed by atoms with Crippen molar-refractivity contribution >= 4 is 0 Å². The van der Waals surface area contributed by atoms with Gasteiger partial charge in [0, 0.05) is 11.8 Å². The predicted octanol–water partition coefficient (Wildman–Crippen LogP) is 5.61. The molecule has 2 atom stereocenters. The van der Waals surface area contributed by atoms with E-state index in [2.05, 4.69) is 55.4 Å². The van der Waals surface area contributed by atoms with Gasteiger partial charge in [-0.25, -0.2) is 0 Å². The molecular formula is C20H30O. The van der Waals surface area contributed by atoms with Crippen LogP contribution in [0, 0.1) is 11.8 Å². The standard InChI is InChI=1S/C20H30O/c1-11-12(2)16(6)19(15(11)5)9-21-10-20-17(7)13(3)14(4)18(20)8/h15,17H,9-10H2,1-8H3. The zero-order valence-electron chi connectivity index (χ0n) is 15.0. The summed E-state index contributed by atoms with van der Waals surface area (Å²) in [6, 6.07) is 0. The molecule has 0 N–H and O–H groups in total. The Kier molecular flexibility index (Phi) is 4.63. The molecule has 1 heteroatoms. The van der Waals surface area contributed by atoms with E-state index in [1.807, 2.05) is 0 Å². The van der Waals surface area contributed by atoms with E-state index < -0.39 is 0 Å². The van der Waals surface area contributed by atoms with Crippen molar-refractivity contribution in [2.75, 3.05) is 13.2 Å². The molecule has 0 aromatic heterocycles. The highest BCUT2D eigenvalue weighted by molar-refractivity contribution is 5.48. The van der Waals surface area contributed by atoms with Gasteiger partial charge in [-0.15, -0.1) is 0 Å². The lowest BCUT2D eigenvalue weighted by molar-refractivity contribution is 0.170. The molecule has 0 heterocycles. The van der Waals surface area contributed by atoms with Crippen LogP contribution in [0.5, 0.6) is 0 Å². The highest BCUT2D eigenvalue weighted by atomic mass is 16.5. The number of hydrogen-bond donors (Lipinski definition) is 0. The molecule has 0 aromatic rings. The second-order valence-corrected chi connectivity index (χ2v) is 6.85. The topological polar surface area (TPSA) is 9.23 Å². The molecule has 0 aromatic carbocycles. The van der Waals surface area contributed by atoms with Gasteiger partial charge in [-0.1, -0.05) is 25.0 Å². The largest absolute Gasteiger partial charge is 0.373 e. The van der Waals surface area contributed by atoms with Crippen LogP contribution in [0.15, 0.2) is 44.6 Å². The molecule has 0 aliphatic heterocycles. The molecule has 21 heavy (non-hydrogen) atoms. The van der Waals surface area contributed by atoms with Crippen LogP contribution < -0.4 is 0 Å². The zero-order chi connectivity index (χ0) is 15.9. The summed E-state index contributed by atoms with van der Waals surface area (Å²) in [7, 11) is 0. The van der Waals surface area contributed by atoms with Crippen LogP contribution >= 0.6 is 0 Å². The molecule has 116 valence electrons. The van der Waals surface area contributed by atoms with Crippen LogP contribution in [0.4, 0.5) is 0 Å². The first kappa shape index (κ1) is 16.3. The monoisotopic (exact) mass is 286 g/mol. The minimum Gasteiger partial charge on any atom is -0.373 e. The highest BCUT2D eigenvalue weighted by Crippen LogP contribution is 2.38. The molecule has 2 aliphatic rings. The van der Waals surface area contributed by atoms with Crippen molar-refractivity contribution in [1.29, 1.82) is 0 Å². The Hall–Kier alpha value is -1.08. The SMILES string of the molecule is CC1=C(C)C(C)C(COCC2=C(C)C(C)=C(C)C2C)=C1C. The van der Waals surface area contributed by atoms with Crippen molar-refractivity contribution in [3.05, 3.63) is 44.6 Å². The molecule has 0 bridgehead atoms. The number of ether oxygens (including phenoxy) is 1. The minimum atomic E-state index is 0.544. The second kappa shape index (κ2) is 5.96. The van der Waals surface area contributed by atoms with E-state index in [-0.39, 0.29) is 0 Å². The molecule has 2 aliphatic carbocycles. The molecule has 0 amide bonds. The average molecular weight is 286 g/mol. The van der Waals surface area contributed by atoms with Gasteiger partial charge in [0.1, 0.15) is 0 Å². The molecule has 0 saturated carbocycles. The first-order valence-electron chi connectivity index (χ1n) is 8.09. The minimum absolute atomic E-state index is 0.544. The summed E-state index contributed by atoms with van der Waals surface area (Å²) in [4.78, 5) is 0. The highest BCUT2D eigenvalue weighted by Gasteiger charge is 2.25. The van der Waals surface area contributed by atoms with Crippen LogP contribution in [0.2, 0.25) is 0 Å². The summed E-state index contributed by atoms with van der Waals surface area (Å²) in [6.45, 7) is 19.6. The van der Waals surface area contributed by atoms with E-state index in [0.717, 1.165) is 13.2 Å². The molecule has 0 radical (unpaired) electrons. The lowest BCUT2D eigenvalue weighted by Crippen LogP contribution is -2.11. The van der Waals surface area contributed by atoms with E-state index in [9.17, 15) is 0 Å². The van der Waals surface area contributed by atoms with Crippen LogP contribution in [0.1, 0.15) is 55.4 Å². The summed E-state index contributed by atoms with van der Waals surface area (Å²) in [5.74, 6) is 1.09. The lowest BCUT2D eigenvalue weighted by atomic mass is 9.98. The molecule has 1 nitrogen and oxygen atoms in total. The van der Waals surface area contributed by atoms with Gasteiger partial charge >= 0.3 is 0 Å². The zero-order valence-corrected chi connectivity index (χ0v) is 15.0. The van der Waals surface area contributed by atoms with Gasteiger partial charge in [-0.3, -0.25) is 0 Å². The number of rotatable bonds is 4. The van der Waals surface area contributed by atoms with Crippen LogP contribution in [-0.2, 0) is 4.74 Å². The first-order valence-corrected chi connectivity index (χ1v) is 8.09. The summed E-state index contributed by atoms with van der Waals surface area (Å²) >= 11 is 0. The Bertz CT molecular complexity index is 529. The Morgan fingerprint density at radius 3 is 1.19 bits per heavy atom. The summed E-state index contributed by atoms with van der Waals surface area (Å²) in [5.41, 5.74) is 11.7. The van der Waals surface area contributed by atoms with Crippen molar-refractivity contribution in [2.24, 2.45) is 11.8 Å². The lowest BCUT2D eigenvalue weighted by Gasteiger charge is -2.16. The van der Waals surface area contributed by atoms with Crippen LogP contribution in [-0.4, -0.2) is 13.2 Å². The van der Waals surface area contributed by atoms with E-state index in [1.165, 1.54) is 44.6 Å². The van der Waals surface area contributed by atoms with E-state index >= 15 is 0 Å². The molecular weight excluding hydrogens is 256 g/mol. The fourth-order valence-electron chi connectivity index (χ4n) is 3.63. The number of allylic oxidation sites excluding steroid dienone is 6. The van der Waals surface area contributed by atoms with Gasteiger partial charge in [0.2, 0.25) is 0 Å². The summed E-state index contributed by atoms with van der Waals surface area (Å²) in [6.07, 6.45) is 0. The van der Waals surface area contributed by atoms with Gasteiger partial charge in [0.15, 0.2) is 0 Å². The van der Waals surface area contributed by atoms with Crippen molar-refractivity contribution in [2.45, 2.75) is 55.4 Å². The van der Waals surface area contributed by atoms with Crippen molar-refractivity contribution in [1.82, 2.24) is 0 Å². The first-order chi connectivity index (χ1) is 9.77. The Balaban J connectivity index is 1.99. The molecule has 0 fully saturated rings. The average Bonchev–Trinajstić information content (AvgIpc) is 2.76. The summed E-state index contributed by atoms with van der Waals surface area (Å²) in [5, 5.41) is 0. The molecule has 2 rings (SSSR count). The Morgan fingerprint density at radius 2 is 0.952 bits per heavy atom. The Morgan fingerprint density at radius 1 is 0.619 bits per heavy atom. The quantitative estimate of drug-likeness (QED) is 0.653. The van der Waals surface area contributed by atoms with Crippen molar-refractivity contribution in [3.8, 4) is 0 Å². The third-order valence-corrected chi connectivity index (χ3v) is 6.13. The van der Waals surface area contributed by atoms with Crippen LogP contribution in [0.3, 0.4) is 0 Å².